The van der Waals surface area contributed by atoms with Crippen LogP contribution in [0.3, 0.4) is 0 Å². The zero-order valence-corrected chi connectivity index (χ0v) is 21.7. The molecule has 0 saturated carbocycles. The maximum atomic E-state index is 14.0. The number of nitrogens with zero attached hydrogens (tertiary/aromatic N) is 3. The number of carbonyl (C=O) groups is 2. The van der Waals surface area contributed by atoms with Gasteiger partial charge in [-0.15, -0.1) is 11.3 Å². The Morgan fingerprint density at radius 3 is 2.62 bits per heavy atom. The van der Waals surface area contributed by atoms with Gasteiger partial charge in [-0.1, -0.05) is 44.2 Å². The highest BCUT2D eigenvalue weighted by atomic mass is 32.1. The lowest BCUT2D eigenvalue weighted by Gasteiger charge is -2.29. The Morgan fingerprint density at radius 2 is 1.89 bits per heavy atom. The van der Waals surface area contributed by atoms with Crippen molar-refractivity contribution < 1.29 is 14.0 Å². The van der Waals surface area contributed by atoms with Crippen LogP contribution in [-0.4, -0.2) is 33.2 Å². The second kappa shape index (κ2) is 10.8. The average Bonchev–Trinajstić information content (AvgIpc) is 3.59. The third-order valence-corrected chi connectivity index (χ3v) is 8.11. The zero-order valence-electron chi connectivity index (χ0n) is 20.9. The number of rotatable bonds is 7. The standard InChI is InChI=1S/C29H29FN4O2S/c1-3-18(2)27(35)32-25(19-8-5-4-6-9-19)29(36)34-17-7-10-22(34)28-33-26-23(37-28)15-16-31-24(26)20-11-13-21(30)14-12-20/h4-6,8-9,11-16,18,22,25H,3,7,10,17H2,1-2H3,(H,32,35)/t18-,22+,25+/m1/s1. The number of aromatic nitrogens is 2. The number of thiazole rings is 1. The third kappa shape index (κ3) is 5.11. The highest BCUT2D eigenvalue weighted by Gasteiger charge is 2.37. The third-order valence-electron chi connectivity index (χ3n) is 6.99. The molecule has 37 heavy (non-hydrogen) atoms. The molecule has 6 nitrogen and oxygen atoms in total. The van der Waals surface area contributed by atoms with E-state index in [1.165, 1.54) is 12.1 Å². The van der Waals surface area contributed by atoms with E-state index in [9.17, 15) is 14.0 Å². The fourth-order valence-corrected chi connectivity index (χ4v) is 5.80. The van der Waals surface area contributed by atoms with Crippen LogP contribution in [0.25, 0.3) is 21.5 Å². The number of hydrogen-bond acceptors (Lipinski definition) is 5. The zero-order chi connectivity index (χ0) is 25.9. The molecule has 4 aromatic rings. The molecule has 1 N–H and O–H groups in total. The van der Waals surface area contributed by atoms with E-state index in [0.29, 0.717) is 18.7 Å². The first-order valence-electron chi connectivity index (χ1n) is 12.6. The van der Waals surface area contributed by atoms with Gasteiger partial charge in [0.15, 0.2) is 0 Å². The van der Waals surface area contributed by atoms with Gasteiger partial charge in [-0.2, -0.15) is 0 Å². The van der Waals surface area contributed by atoms with Gasteiger partial charge >= 0.3 is 0 Å². The predicted molar refractivity (Wildman–Crippen MR) is 143 cm³/mol. The summed E-state index contributed by atoms with van der Waals surface area (Å²) in [5, 5.41) is 3.85. The number of pyridine rings is 1. The van der Waals surface area contributed by atoms with Gasteiger partial charge in [-0.05, 0) is 55.2 Å². The van der Waals surface area contributed by atoms with Crippen LogP contribution in [0.1, 0.15) is 55.8 Å². The monoisotopic (exact) mass is 516 g/mol. The van der Waals surface area contributed by atoms with E-state index in [0.717, 1.165) is 39.2 Å². The van der Waals surface area contributed by atoms with Crippen molar-refractivity contribution in [1.82, 2.24) is 20.2 Å². The van der Waals surface area contributed by atoms with E-state index in [1.807, 2.05) is 55.1 Å². The molecule has 8 heteroatoms. The number of nitrogens with one attached hydrogen (secondary N) is 1. The summed E-state index contributed by atoms with van der Waals surface area (Å²) >= 11 is 1.55. The number of benzene rings is 2. The van der Waals surface area contributed by atoms with Crippen molar-refractivity contribution in [3.8, 4) is 11.3 Å². The van der Waals surface area contributed by atoms with Crippen molar-refractivity contribution in [2.45, 2.75) is 45.2 Å². The summed E-state index contributed by atoms with van der Waals surface area (Å²) in [6, 6.07) is 16.6. The summed E-state index contributed by atoms with van der Waals surface area (Å²) in [6.07, 6.45) is 4.09. The molecule has 0 unspecified atom stereocenters. The molecule has 0 radical (unpaired) electrons. The molecule has 3 heterocycles. The van der Waals surface area contributed by atoms with Crippen LogP contribution in [0.2, 0.25) is 0 Å². The minimum Gasteiger partial charge on any atom is -0.340 e. The van der Waals surface area contributed by atoms with Crippen molar-refractivity contribution in [2.75, 3.05) is 6.54 Å². The van der Waals surface area contributed by atoms with Gasteiger partial charge in [-0.25, -0.2) is 9.37 Å². The van der Waals surface area contributed by atoms with Crippen molar-refractivity contribution >= 4 is 33.4 Å². The van der Waals surface area contributed by atoms with Gasteiger partial charge < -0.3 is 10.2 Å². The van der Waals surface area contributed by atoms with E-state index in [2.05, 4.69) is 10.3 Å². The molecular weight excluding hydrogens is 487 g/mol. The SMILES string of the molecule is CC[C@@H](C)C(=O)N[C@H](C(=O)N1CCC[C@H]1c1nc2c(-c3ccc(F)cc3)nccc2s1)c1ccccc1. The quantitative estimate of drug-likeness (QED) is 0.324. The molecule has 3 atom stereocenters. The summed E-state index contributed by atoms with van der Waals surface area (Å²) in [5.41, 5.74) is 3.00. The lowest BCUT2D eigenvalue weighted by molar-refractivity contribution is -0.138. The molecule has 0 spiro atoms. The first-order chi connectivity index (χ1) is 18.0. The van der Waals surface area contributed by atoms with Gasteiger partial charge in [0, 0.05) is 24.2 Å². The number of likely N-dealkylation sites (tertiary alicyclic amines) is 1. The number of hydrogen-bond donors (Lipinski definition) is 1. The smallest absolute Gasteiger partial charge is 0.250 e. The van der Waals surface area contributed by atoms with E-state index >= 15 is 0 Å². The Morgan fingerprint density at radius 1 is 1.14 bits per heavy atom. The van der Waals surface area contributed by atoms with Gasteiger partial charge in [0.1, 0.15) is 22.4 Å². The number of fused-ring (bicyclic) bond motifs is 1. The molecule has 5 rings (SSSR count). The molecule has 2 aromatic heterocycles. The summed E-state index contributed by atoms with van der Waals surface area (Å²) in [6.45, 7) is 4.43. The number of amides is 2. The van der Waals surface area contributed by atoms with Crippen LogP contribution in [-0.2, 0) is 9.59 Å². The largest absolute Gasteiger partial charge is 0.340 e. The molecule has 0 bridgehead atoms. The Balaban J connectivity index is 1.47. The molecule has 2 amide bonds. The molecule has 0 aliphatic carbocycles. The first kappa shape index (κ1) is 25.0. The molecular formula is C29H29FN4O2S. The molecule has 1 aliphatic heterocycles. The average molecular weight is 517 g/mol. The fourth-order valence-electron chi connectivity index (χ4n) is 4.69. The van der Waals surface area contributed by atoms with Crippen LogP contribution in [0.4, 0.5) is 4.39 Å². The highest BCUT2D eigenvalue weighted by molar-refractivity contribution is 7.18. The normalized spacial score (nSPS) is 17.1. The van der Waals surface area contributed by atoms with Gasteiger partial charge in [-0.3, -0.25) is 14.6 Å². The van der Waals surface area contributed by atoms with Crippen molar-refractivity contribution in [1.29, 1.82) is 0 Å². The van der Waals surface area contributed by atoms with Gasteiger partial charge in [0.25, 0.3) is 0 Å². The Kier molecular flexibility index (Phi) is 7.28. The second-order valence-corrected chi connectivity index (χ2v) is 10.5. The minimum absolute atomic E-state index is 0.124. The van der Waals surface area contributed by atoms with E-state index < -0.39 is 6.04 Å². The van der Waals surface area contributed by atoms with Crippen LogP contribution in [0, 0.1) is 11.7 Å². The molecule has 1 fully saturated rings. The highest BCUT2D eigenvalue weighted by Crippen LogP contribution is 2.39. The summed E-state index contributed by atoms with van der Waals surface area (Å²) in [5.74, 6) is -0.740. The Labute approximate surface area is 219 Å². The molecule has 2 aromatic carbocycles. The van der Waals surface area contributed by atoms with E-state index in [-0.39, 0.29) is 29.6 Å². The van der Waals surface area contributed by atoms with Crippen LogP contribution in [0.5, 0.6) is 0 Å². The Hall–Kier alpha value is -3.65. The first-order valence-corrected chi connectivity index (χ1v) is 13.4. The molecule has 1 aliphatic rings. The number of carbonyl (C=O) groups excluding carboxylic acids is 2. The van der Waals surface area contributed by atoms with E-state index in [4.69, 9.17) is 4.98 Å². The molecule has 190 valence electrons. The van der Waals surface area contributed by atoms with Crippen molar-refractivity contribution in [3.05, 3.63) is 83.2 Å². The second-order valence-electron chi connectivity index (χ2n) is 9.42. The van der Waals surface area contributed by atoms with Gasteiger partial charge in [0.05, 0.1) is 16.4 Å². The van der Waals surface area contributed by atoms with Crippen molar-refractivity contribution in [2.24, 2.45) is 5.92 Å². The molecule has 1 saturated heterocycles. The lowest BCUT2D eigenvalue weighted by atomic mass is 10.0. The van der Waals surface area contributed by atoms with Crippen molar-refractivity contribution in [3.63, 3.8) is 0 Å². The Bertz CT molecular complexity index is 1410. The van der Waals surface area contributed by atoms with E-state index in [1.54, 1.807) is 29.7 Å². The number of halogens is 1. The fraction of sp³-hybridized carbons (Fsp3) is 0.310. The topological polar surface area (TPSA) is 75.2 Å². The maximum Gasteiger partial charge on any atom is 0.250 e. The van der Waals surface area contributed by atoms with Crippen LogP contribution in [0.15, 0.2) is 66.9 Å². The van der Waals surface area contributed by atoms with Crippen LogP contribution < -0.4 is 5.32 Å². The lowest BCUT2D eigenvalue weighted by Crippen LogP contribution is -2.44. The summed E-state index contributed by atoms with van der Waals surface area (Å²) in [4.78, 5) is 38.1. The maximum absolute atomic E-state index is 14.0. The predicted octanol–water partition coefficient (Wildman–Crippen LogP) is 6.06. The summed E-state index contributed by atoms with van der Waals surface area (Å²) in [7, 11) is 0. The van der Waals surface area contributed by atoms with Gasteiger partial charge in [0.2, 0.25) is 11.8 Å². The van der Waals surface area contributed by atoms with Crippen LogP contribution >= 0.6 is 11.3 Å². The summed E-state index contributed by atoms with van der Waals surface area (Å²) < 4.78 is 14.4. The minimum atomic E-state index is -0.755.